The van der Waals surface area contributed by atoms with Gasteiger partial charge in [-0.3, -0.25) is 0 Å². The summed E-state index contributed by atoms with van der Waals surface area (Å²) in [6, 6.07) is 13.7. The van der Waals surface area contributed by atoms with Gasteiger partial charge in [0, 0.05) is 11.6 Å². The fourth-order valence-electron chi connectivity index (χ4n) is 1.35. The van der Waals surface area contributed by atoms with E-state index in [1.807, 2.05) is 6.07 Å². The summed E-state index contributed by atoms with van der Waals surface area (Å²) < 4.78 is 0. The maximum Gasteiger partial charge on any atom is 0.400 e. The average Bonchev–Trinajstić information content (AvgIpc) is 2.38. The second kappa shape index (κ2) is 4.83. The molecule has 17 heavy (non-hydrogen) atoms. The van der Waals surface area contributed by atoms with Gasteiger partial charge in [0.2, 0.25) is 5.39 Å². The normalized spacial score (nSPS) is 8.88. The number of diazo groups is 1. The molecular formula is C14H9N2O+. The molecule has 2 aromatic rings. The monoisotopic (exact) mass is 221 g/mol. The van der Waals surface area contributed by atoms with Crippen LogP contribution in [0.2, 0.25) is 0 Å². The minimum atomic E-state index is 0.210. The van der Waals surface area contributed by atoms with Gasteiger partial charge in [-0.1, -0.05) is 24.0 Å². The first-order chi connectivity index (χ1) is 8.29. The first-order valence-electron chi connectivity index (χ1n) is 5.05. The highest BCUT2D eigenvalue weighted by molar-refractivity contribution is 5.60. The highest BCUT2D eigenvalue weighted by Gasteiger charge is 2.08. The standard InChI is InChI=1S/C14H8N2O/c15-16-14-4-2-1-3-12(14)8-5-11-6-9-13(17)10-7-11/h1-4,6-7,9-10H/p+1. The predicted molar refractivity (Wildman–Crippen MR) is 65.3 cm³/mol. The van der Waals surface area contributed by atoms with Gasteiger partial charge in [-0.05, 0) is 30.3 Å². The van der Waals surface area contributed by atoms with Gasteiger partial charge in [0.25, 0.3) is 0 Å². The predicted octanol–water partition coefficient (Wildman–Crippen LogP) is 3.28. The van der Waals surface area contributed by atoms with E-state index < -0.39 is 0 Å². The number of rotatable bonds is 0. The molecule has 3 nitrogen and oxygen atoms in total. The van der Waals surface area contributed by atoms with E-state index in [0.717, 1.165) is 5.56 Å². The Morgan fingerprint density at radius 3 is 2.35 bits per heavy atom. The SMILES string of the molecule is N#[N+]c1ccccc1C#Cc1ccc(O)cc1. The Morgan fingerprint density at radius 1 is 0.941 bits per heavy atom. The van der Waals surface area contributed by atoms with E-state index in [0.29, 0.717) is 11.3 Å². The molecule has 0 heterocycles. The fraction of sp³-hybridized carbons (Fsp3) is 0. The first kappa shape index (κ1) is 10.7. The lowest BCUT2D eigenvalue weighted by atomic mass is 10.1. The van der Waals surface area contributed by atoms with Crippen LogP contribution < -0.4 is 0 Å². The lowest BCUT2D eigenvalue weighted by molar-refractivity contribution is 0.475. The van der Waals surface area contributed by atoms with Crippen molar-refractivity contribution >= 4 is 5.69 Å². The number of nitrogens with zero attached hydrogens (tertiary/aromatic N) is 2. The van der Waals surface area contributed by atoms with Gasteiger partial charge in [-0.25, -0.2) is 0 Å². The van der Waals surface area contributed by atoms with Crippen molar-refractivity contribution in [3.05, 3.63) is 64.6 Å². The topological polar surface area (TPSA) is 48.4 Å². The van der Waals surface area contributed by atoms with Gasteiger partial charge in [-0.2, -0.15) is 0 Å². The average molecular weight is 221 g/mol. The molecule has 0 spiro atoms. The second-order valence-corrected chi connectivity index (χ2v) is 3.41. The summed E-state index contributed by atoms with van der Waals surface area (Å²) in [6.07, 6.45) is 0. The van der Waals surface area contributed by atoms with Crippen LogP contribution in [0.4, 0.5) is 5.69 Å². The second-order valence-electron chi connectivity index (χ2n) is 3.41. The van der Waals surface area contributed by atoms with Gasteiger partial charge in [0.15, 0.2) is 4.98 Å². The molecule has 3 heteroatoms. The van der Waals surface area contributed by atoms with E-state index in [2.05, 4.69) is 16.8 Å². The summed E-state index contributed by atoms with van der Waals surface area (Å²) in [5.41, 5.74) is 1.89. The van der Waals surface area contributed by atoms with Crippen molar-refractivity contribution < 1.29 is 5.11 Å². The molecule has 0 saturated heterocycles. The van der Waals surface area contributed by atoms with Crippen molar-refractivity contribution in [2.75, 3.05) is 0 Å². The van der Waals surface area contributed by atoms with Crippen molar-refractivity contribution in [3.8, 4) is 17.6 Å². The molecule has 0 fully saturated rings. The molecule has 0 aliphatic carbocycles. The molecule has 0 atom stereocenters. The maximum atomic E-state index is 9.13. The molecule has 2 aromatic carbocycles. The van der Waals surface area contributed by atoms with Crippen LogP contribution in [0.15, 0.2) is 48.5 Å². The zero-order chi connectivity index (χ0) is 12.1. The third kappa shape index (κ3) is 2.62. The quantitative estimate of drug-likeness (QED) is 0.548. The Labute approximate surface area is 99.0 Å². The van der Waals surface area contributed by atoms with E-state index in [-0.39, 0.29) is 5.75 Å². The zero-order valence-electron chi connectivity index (χ0n) is 8.96. The number of hydrogen-bond acceptors (Lipinski definition) is 2. The van der Waals surface area contributed by atoms with Gasteiger partial charge in [0.05, 0.1) is 0 Å². The third-order valence-electron chi connectivity index (χ3n) is 2.22. The number of phenolic OH excluding ortho intramolecular Hbond substituents is 1. The third-order valence-corrected chi connectivity index (χ3v) is 2.22. The molecular weight excluding hydrogens is 212 g/mol. The fourth-order valence-corrected chi connectivity index (χ4v) is 1.35. The Hall–Kier alpha value is -2.78. The van der Waals surface area contributed by atoms with E-state index in [1.165, 1.54) is 0 Å². The molecule has 0 radical (unpaired) electrons. The van der Waals surface area contributed by atoms with Crippen LogP contribution in [0, 0.1) is 17.2 Å². The molecule has 1 N–H and O–H groups in total. The molecule has 0 aliphatic heterocycles. The largest absolute Gasteiger partial charge is 0.508 e. The van der Waals surface area contributed by atoms with Gasteiger partial charge >= 0.3 is 5.69 Å². The Bertz CT molecular complexity index is 628. The van der Waals surface area contributed by atoms with Crippen LogP contribution in [0.3, 0.4) is 0 Å². The summed E-state index contributed by atoms with van der Waals surface area (Å²) in [7, 11) is 0. The lowest BCUT2D eigenvalue weighted by Crippen LogP contribution is -1.76. The van der Waals surface area contributed by atoms with Crippen molar-refractivity contribution in [1.82, 2.24) is 0 Å². The summed E-state index contributed by atoms with van der Waals surface area (Å²) in [5, 5.41) is 17.9. The van der Waals surface area contributed by atoms with Crippen LogP contribution in [-0.2, 0) is 0 Å². The Balaban J connectivity index is 2.33. The molecule has 0 amide bonds. The molecule has 80 valence electrons. The van der Waals surface area contributed by atoms with Gasteiger partial charge in [0.1, 0.15) is 11.3 Å². The number of hydrogen-bond donors (Lipinski definition) is 1. The number of aromatic hydroxyl groups is 1. The molecule has 0 saturated carbocycles. The first-order valence-corrected chi connectivity index (χ1v) is 5.05. The van der Waals surface area contributed by atoms with Crippen LogP contribution in [-0.4, -0.2) is 5.11 Å². The molecule has 0 aliphatic rings. The van der Waals surface area contributed by atoms with Gasteiger partial charge < -0.3 is 5.11 Å². The zero-order valence-corrected chi connectivity index (χ0v) is 8.96. The van der Waals surface area contributed by atoms with E-state index in [1.54, 1.807) is 42.5 Å². The molecule has 0 aromatic heterocycles. The van der Waals surface area contributed by atoms with E-state index in [9.17, 15) is 0 Å². The Kier molecular flexibility index (Phi) is 3.05. The lowest BCUT2D eigenvalue weighted by Gasteiger charge is -1.90. The highest BCUT2D eigenvalue weighted by Crippen LogP contribution is 2.17. The summed E-state index contributed by atoms with van der Waals surface area (Å²) in [6.45, 7) is 0. The summed E-state index contributed by atoms with van der Waals surface area (Å²) in [4.78, 5) is 3.15. The van der Waals surface area contributed by atoms with Crippen molar-refractivity contribution in [3.63, 3.8) is 0 Å². The molecule has 2 rings (SSSR count). The van der Waals surface area contributed by atoms with Crippen LogP contribution in [0.1, 0.15) is 11.1 Å². The summed E-state index contributed by atoms with van der Waals surface area (Å²) in [5.74, 6) is 6.05. The van der Waals surface area contributed by atoms with Crippen molar-refractivity contribution in [2.45, 2.75) is 0 Å². The van der Waals surface area contributed by atoms with E-state index in [4.69, 9.17) is 10.5 Å². The van der Waals surface area contributed by atoms with Crippen LogP contribution >= 0.6 is 0 Å². The minimum Gasteiger partial charge on any atom is -0.508 e. The maximum absolute atomic E-state index is 9.13. The number of phenols is 1. The van der Waals surface area contributed by atoms with Crippen molar-refractivity contribution in [2.24, 2.45) is 0 Å². The minimum absolute atomic E-state index is 0.210. The summed E-state index contributed by atoms with van der Waals surface area (Å²) >= 11 is 0. The van der Waals surface area contributed by atoms with E-state index >= 15 is 0 Å². The Morgan fingerprint density at radius 2 is 1.65 bits per heavy atom. The van der Waals surface area contributed by atoms with Crippen molar-refractivity contribution in [1.29, 1.82) is 5.39 Å². The molecule has 0 bridgehead atoms. The van der Waals surface area contributed by atoms with Crippen LogP contribution in [0.5, 0.6) is 5.75 Å². The molecule has 0 unspecified atom stereocenters. The van der Waals surface area contributed by atoms with Gasteiger partial charge in [-0.15, -0.1) is 0 Å². The smallest absolute Gasteiger partial charge is 0.400 e. The van der Waals surface area contributed by atoms with Crippen LogP contribution in [0.25, 0.3) is 4.98 Å². The highest BCUT2D eigenvalue weighted by atomic mass is 16.3. The number of benzene rings is 2.